The van der Waals surface area contributed by atoms with Gasteiger partial charge in [0.05, 0.1) is 0 Å². The molecule has 14 heavy (non-hydrogen) atoms. The van der Waals surface area contributed by atoms with Crippen LogP contribution >= 0.6 is 23.4 Å². The van der Waals surface area contributed by atoms with Crippen LogP contribution in [0.3, 0.4) is 0 Å². The van der Waals surface area contributed by atoms with Crippen LogP contribution in [0.25, 0.3) is 0 Å². The average molecular weight is 230 g/mol. The van der Waals surface area contributed by atoms with Crippen LogP contribution < -0.4 is 5.32 Å². The Kier molecular flexibility index (Phi) is 4.76. The van der Waals surface area contributed by atoms with Gasteiger partial charge in [-0.15, -0.1) is 6.58 Å². The van der Waals surface area contributed by atoms with Crippen LogP contribution in [0.15, 0.2) is 23.9 Å². The van der Waals surface area contributed by atoms with E-state index in [1.165, 1.54) is 11.8 Å². The topological polar surface area (TPSA) is 37.8 Å². The SMILES string of the molecule is C=CCCNc1cc(Cl)nc(SC)n1. The van der Waals surface area contributed by atoms with Crippen LogP contribution in [0.1, 0.15) is 6.42 Å². The first kappa shape index (κ1) is 11.3. The largest absolute Gasteiger partial charge is 0.370 e. The standard InChI is InChI=1S/C9H12ClN3S/c1-3-4-5-11-8-6-7(10)12-9(13-8)14-2/h3,6H,1,4-5H2,2H3,(H,11,12,13). The Labute approximate surface area is 93.0 Å². The Balaban J connectivity index is 2.66. The molecule has 0 saturated heterocycles. The van der Waals surface area contributed by atoms with Gasteiger partial charge < -0.3 is 5.32 Å². The number of anilines is 1. The molecule has 1 N–H and O–H groups in total. The second-order valence-corrected chi connectivity index (χ2v) is 3.73. The smallest absolute Gasteiger partial charge is 0.190 e. The molecule has 0 saturated carbocycles. The van der Waals surface area contributed by atoms with Crippen LogP contribution in [-0.4, -0.2) is 22.8 Å². The molecule has 5 heteroatoms. The van der Waals surface area contributed by atoms with Crippen LogP contribution in [0.4, 0.5) is 5.82 Å². The fraction of sp³-hybridized carbons (Fsp3) is 0.333. The molecular weight excluding hydrogens is 218 g/mol. The third-order valence-electron chi connectivity index (χ3n) is 1.51. The molecule has 0 fully saturated rings. The van der Waals surface area contributed by atoms with Gasteiger partial charge in [-0.2, -0.15) is 0 Å². The predicted octanol–water partition coefficient (Wildman–Crippen LogP) is 2.84. The highest BCUT2D eigenvalue weighted by atomic mass is 35.5. The third-order valence-corrected chi connectivity index (χ3v) is 2.25. The summed E-state index contributed by atoms with van der Waals surface area (Å²) >= 11 is 7.29. The third kappa shape index (κ3) is 3.55. The summed E-state index contributed by atoms with van der Waals surface area (Å²) in [6.07, 6.45) is 4.67. The van der Waals surface area contributed by atoms with E-state index in [1.54, 1.807) is 6.07 Å². The number of nitrogens with zero attached hydrogens (tertiary/aromatic N) is 2. The molecule has 0 aliphatic heterocycles. The highest BCUT2D eigenvalue weighted by molar-refractivity contribution is 7.98. The second-order valence-electron chi connectivity index (χ2n) is 2.57. The van der Waals surface area contributed by atoms with E-state index in [9.17, 15) is 0 Å². The van der Waals surface area contributed by atoms with E-state index in [0.717, 1.165) is 18.8 Å². The lowest BCUT2D eigenvalue weighted by molar-refractivity contribution is 0.950. The number of halogens is 1. The van der Waals surface area contributed by atoms with Crippen LogP contribution in [0.5, 0.6) is 0 Å². The van der Waals surface area contributed by atoms with E-state index in [0.29, 0.717) is 10.3 Å². The lowest BCUT2D eigenvalue weighted by atomic mass is 10.4. The van der Waals surface area contributed by atoms with E-state index in [1.807, 2.05) is 12.3 Å². The molecule has 0 spiro atoms. The van der Waals surface area contributed by atoms with E-state index < -0.39 is 0 Å². The summed E-state index contributed by atoms with van der Waals surface area (Å²) in [4.78, 5) is 8.28. The first-order valence-electron chi connectivity index (χ1n) is 4.19. The number of nitrogens with one attached hydrogen (secondary N) is 1. The maximum atomic E-state index is 5.82. The zero-order chi connectivity index (χ0) is 10.4. The van der Waals surface area contributed by atoms with Crippen molar-refractivity contribution in [2.75, 3.05) is 18.1 Å². The Morgan fingerprint density at radius 2 is 2.43 bits per heavy atom. The first-order chi connectivity index (χ1) is 6.76. The molecule has 3 nitrogen and oxygen atoms in total. The molecule has 0 atom stereocenters. The van der Waals surface area contributed by atoms with Crippen molar-refractivity contribution in [3.63, 3.8) is 0 Å². The number of hydrogen-bond donors (Lipinski definition) is 1. The van der Waals surface area contributed by atoms with Crippen molar-refractivity contribution in [2.24, 2.45) is 0 Å². The van der Waals surface area contributed by atoms with Crippen molar-refractivity contribution in [1.29, 1.82) is 0 Å². The quantitative estimate of drug-likeness (QED) is 0.277. The molecule has 0 aromatic carbocycles. The van der Waals surface area contributed by atoms with Gasteiger partial charge in [0, 0.05) is 12.6 Å². The molecule has 1 rings (SSSR count). The second kappa shape index (κ2) is 5.88. The van der Waals surface area contributed by atoms with Gasteiger partial charge in [-0.3, -0.25) is 0 Å². The van der Waals surface area contributed by atoms with Crippen LogP contribution in [0.2, 0.25) is 5.15 Å². The van der Waals surface area contributed by atoms with E-state index in [2.05, 4.69) is 21.9 Å². The molecule has 76 valence electrons. The number of rotatable bonds is 5. The lowest BCUT2D eigenvalue weighted by Crippen LogP contribution is -2.03. The van der Waals surface area contributed by atoms with Gasteiger partial charge in [0.1, 0.15) is 11.0 Å². The highest BCUT2D eigenvalue weighted by Crippen LogP contribution is 2.16. The summed E-state index contributed by atoms with van der Waals surface area (Å²) in [6.45, 7) is 4.45. The molecule has 1 aromatic rings. The molecule has 0 aliphatic carbocycles. The normalized spacial score (nSPS) is 9.86. The van der Waals surface area contributed by atoms with E-state index in [-0.39, 0.29) is 0 Å². The molecule has 1 heterocycles. The maximum Gasteiger partial charge on any atom is 0.190 e. The van der Waals surface area contributed by atoms with Gasteiger partial charge in [-0.05, 0) is 12.7 Å². The van der Waals surface area contributed by atoms with Crippen LogP contribution in [-0.2, 0) is 0 Å². The fourth-order valence-corrected chi connectivity index (χ4v) is 1.49. The summed E-state index contributed by atoms with van der Waals surface area (Å²) < 4.78 is 0. The van der Waals surface area contributed by atoms with Gasteiger partial charge in [0.25, 0.3) is 0 Å². The van der Waals surface area contributed by atoms with Crippen molar-refractivity contribution in [1.82, 2.24) is 9.97 Å². The van der Waals surface area contributed by atoms with Crippen LogP contribution in [0, 0.1) is 0 Å². The Morgan fingerprint density at radius 3 is 3.07 bits per heavy atom. The average Bonchev–Trinajstić information content (AvgIpc) is 2.17. The Hall–Kier alpha value is -0.740. The minimum atomic E-state index is 0.463. The Morgan fingerprint density at radius 1 is 1.64 bits per heavy atom. The summed E-state index contributed by atoms with van der Waals surface area (Å²) in [5.74, 6) is 0.760. The summed E-state index contributed by atoms with van der Waals surface area (Å²) in [7, 11) is 0. The van der Waals surface area contributed by atoms with Crippen molar-refractivity contribution >= 4 is 29.2 Å². The van der Waals surface area contributed by atoms with E-state index in [4.69, 9.17) is 11.6 Å². The molecule has 0 amide bonds. The predicted molar refractivity (Wildman–Crippen MR) is 62.1 cm³/mol. The van der Waals surface area contributed by atoms with Gasteiger partial charge in [0.2, 0.25) is 0 Å². The highest BCUT2D eigenvalue weighted by Gasteiger charge is 2.00. The summed E-state index contributed by atoms with van der Waals surface area (Å²) in [5, 5.41) is 4.28. The fourth-order valence-electron chi connectivity index (χ4n) is 0.881. The van der Waals surface area contributed by atoms with E-state index >= 15 is 0 Å². The zero-order valence-corrected chi connectivity index (χ0v) is 9.53. The molecular formula is C9H12ClN3S. The van der Waals surface area contributed by atoms with Crippen molar-refractivity contribution in [3.05, 3.63) is 23.9 Å². The van der Waals surface area contributed by atoms with Gasteiger partial charge >= 0.3 is 0 Å². The minimum absolute atomic E-state index is 0.463. The number of thioether (sulfide) groups is 1. The molecule has 0 aliphatic rings. The molecule has 0 radical (unpaired) electrons. The number of hydrogen-bond acceptors (Lipinski definition) is 4. The summed E-state index contributed by atoms with van der Waals surface area (Å²) in [5.41, 5.74) is 0. The Bertz CT molecular complexity index is 317. The lowest BCUT2D eigenvalue weighted by Gasteiger charge is -2.04. The maximum absolute atomic E-state index is 5.82. The zero-order valence-electron chi connectivity index (χ0n) is 7.96. The van der Waals surface area contributed by atoms with Gasteiger partial charge in [0.15, 0.2) is 5.16 Å². The van der Waals surface area contributed by atoms with Crippen molar-refractivity contribution in [3.8, 4) is 0 Å². The van der Waals surface area contributed by atoms with Crippen molar-refractivity contribution < 1.29 is 0 Å². The van der Waals surface area contributed by atoms with Gasteiger partial charge in [-0.1, -0.05) is 29.4 Å². The summed E-state index contributed by atoms with van der Waals surface area (Å²) in [6, 6.07) is 1.71. The van der Waals surface area contributed by atoms with Crippen molar-refractivity contribution in [2.45, 2.75) is 11.6 Å². The number of aromatic nitrogens is 2. The molecule has 1 aromatic heterocycles. The first-order valence-corrected chi connectivity index (χ1v) is 5.80. The molecule has 0 unspecified atom stereocenters. The van der Waals surface area contributed by atoms with Gasteiger partial charge in [-0.25, -0.2) is 9.97 Å². The monoisotopic (exact) mass is 229 g/mol. The minimum Gasteiger partial charge on any atom is -0.370 e. The molecule has 0 bridgehead atoms.